The first-order chi connectivity index (χ1) is 13.1. The lowest BCUT2D eigenvalue weighted by Crippen LogP contribution is -1.99. The van der Waals surface area contributed by atoms with E-state index >= 15 is 0 Å². The quantitative estimate of drug-likeness (QED) is 0.348. The van der Waals surface area contributed by atoms with Gasteiger partial charge in [-0.1, -0.05) is 47.6 Å². The number of benzene rings is 2. The van der Waals surface area contributed by atoms with Crippen molar-refractivity contribution in [2.24, 2.45) is 0 Å². The molecule has 0 radical (unpaired) electrons. The van der Waals surface area contributed by atoms with Crippen LogP contribution in [0.1, 0.15) is 16.7 Å². The van der Waals surface area contributed by atoms with Gasteiger partial charge in [-0.05, 0) is 66.2 Å². The molecule has 27 heavy (non-hydrogen) atoms. The highest BCUT2D eigenvalue weighted by atomic mass is 35.5. The normalized spacial score (nSPS) is 11.1. The summed E-state index contributed by atoms with van der Waals surface area (Å²) in [6.45, 7) is 4.28. The van der Waals surface area contributed by atoms with Gasteiger partial charge in [-0.2, -0.15) is 0 Å². The summed E-state index contributed by atoms with van der Waals surface area (Å²) in [5, 5.41) is 12.6. The lowest BCUT2D eigenvalue weighted by molar-refractivity contribution is 0.886. The Balaban J connectivity index is 1.69. The predicted octanol–water partition coefficient (Wildman–Crippen LogP) is 6.56. The minimum atomic E-state index is 0.717. The summed E-state index contributed by atoms with van der Waals surface area (Å²) >= 11 is 9.43. The highest BCUT2D eigenvalue weighted by Crippen LogP contribution is 2.32. The van der Waals surface area contributed by atoms with Gasteiger partial charge < -0.3 is 0 Å². The Hall–Kier alpha value is -2.08. The second-order valence-corrected chi connectivity index (χ2v) is 8.63. The molecule has 2 aromatic carbocycles. The number of thioether (sulfide) groups is 1. The third kappa shape index (κ3) is 3.95. The maximum absolute atomic E-state index is 6.08. The first kappa shape index (κ1) is 18.3. The molecule has 0 fully saturated rings. The van der Waals surface area contributed by atoms with E-state index in [1.54, 1.807) is 23.1 Å². The SMILES string of the molecule is Cc1ccc(CSc2nnc(-c3cccs3)n2-c2ccc(Cl)cc2)cc1C. The zero-order valence-corrected chi connectivity index (χ0v) is 17.4. The van der Waals surface area contributed by atoms with Crippen LogP contribution in [0.5, 0.6) is 0 Å². The number of aromatic nitrogens is 3. The zero-order chi connectivity index (χ0) is 18.8. The van der Waals surface area contributed by atoms with E-state index < -0.39 is 0 Å². The van der Waals surface area contributed by atoms with Crippen LogP contribution in [-0.4, -0.2) is 14.8 Å². The molecule has 0 unspecified atom stereocenters. The fraction of sp³-hybridized carbons (Fsp3) is 0.143. The van der Waals surface area contributed by atoms with Gasteiger partial charge in [0.2, 0.25) is 0 Å². The van der Waals surface area contributed by atoms with Crippen molar-refractivity contribution in [3.05, 3.63) is 81.7 Å². The van der Waals surface area contributed by atoms with Gasteiger partial charge in [0.1, 0.15) is 0 Å². The van der Waals surface area contributed by atoms with Crippen molar-refractivity contribution in [2.45, 2.75) is 24.8 Å². The molecule has 0 saturated carbocycles. The van der Waals surface area contributed by atoms with E-state index in [1.165, 1.54) is 16.7 Å². The van der Waals surface area contributed by atoms with Gasteiger partial charge in [-0.25, -0.2) is 0 Å². The van der Waals surface area contributed by atoms with E-state index in [0.717, 1.165) is 27.3 Å². The Morgan fingerprint density at radius 2 is 1.81 bits per heavy atom. The van der Waals surface area contributed by atoms with Gasteiger partial charge in [0, 0.05) is 16.5 Å². The standard InChI is InChI=1S/C21H18ClN3S2/c1-14-5-6-16(12-15(14)2)13-27-21-24-23-20(19-4-3-11-26-19)25(21)18-9-7-17(22)8-10-18/h3-12H,13H2,1-2H3. The summed E-state index contributed by atoms with van der Waals surface area (Å²) in [4.78, 5) is 1.09. The Morgan fingerprint density at radius 1 is 1.00 bits per heavy atom. The van der Waals surface area contributed by atoms with Crippen LogP contribution in [0, 0.1) is 13.8 Å². The molecule has 0 aliphatic rings. The van der Waals surface area contributed by atoms with Crippen molar-refractivity contribution in [3.63, 3.8) is 0 Å². The van der Waals surface area contributed by atoms with Crippen LogP contribution in [-0.2, 0) is 5.75 Å². The van der Waals surface area contributed by atoms with E-state index in [9.17, 15) is 0 Å². The van der Waals surface area contributed by atoms with E-state index in [-0.39, 0.29) is 0 Å². The van der Waals surface area contributed by atoms with E-state index in [0.29, 0.717) is 5.02 Å². The summed E-state index contributed by atoms with van der Waals surface area (Å²) in [5.41, 5.74) is 4.92. The molecule has 0 N–H and O–H groups in total. The summed E-state index contributed by atoms with van der Waals surface area (Å²) in [6, 6.07) is 18.5. The van der Waals surface area contributed by atoms with Crippen molar-refractivity contribution in [3.8, 4) is 16.4 Å². The second kappa shape index (κ2) is 7.89. The van der Waals surface area contributed by atoms with Crippen LogP contribution in [0.4, 0.5) is 0 Å². The number of hydrogen-bond acceptors (Lipinski definition) is 4. The Morgan fingerprint density at radius 3 is 2.52 bits per heavy atom. The Kier molecular flexibility index (Phi) is 5.34. The number of thiophene rings is 1. The second-order valence-electron chi connectivity index (χ2n) is 6.30. The van der Waals surface area contributed by atoms with Gasteiger partial charge in [0.05, 0.1) is 4.88 Å². The molecule has 0 amide bonds. The molecule has 2 aromatic heterocycles. The van der Waals surface area contributed by atoms with Crippen LogP contribution >= 0.6 is 34.7 Å². The van der Waals surface area contributed by atoms with Crippen LogP contribution < -0.4 is 0 Å². The maximum atomic E-state index is 6.08. The summed E-state index contributed by atoms with van der Waals surface area (Å²) in [6.07, 6.45) is 0. The first-order valence-electron chi connectivity index (χ1n) is 8.56. The highest BCUT2D eigenvalue weighted by Gasteiger charge is 2.17. The molecule has 2 heterocycles. The molecule has 0 aliphatic heterocycles. The van der Waals surface area contributed by atoms with Crippen molar-refractivity contribution in [1.82, 2.24) is 14.8 Å². The Bertz CT molecular complexity index is 1050. The number of rotatable bonds is 5. The van der Waals surface area contributed by atoms with Crippen molar-refractivity contribution in [1.29, 1.82) is 0 Å². The van der Waals surface area contributed by atoms with Gasteiger partial charge in [0.15, 0.2) is 11.0 Å². The molecule has 0 aliphatic carbocycles. The van der Waals surface area contributed by atoms with Crippen LogP contribution in [0.3, 0.4) is 0 Å². The van der Waals surface area contributed by atoms with Gasteiger partial charge in [-0.15, -0.1) is 21.5 Å². The third-order valence-corrected chi connectivity index (χ3v) is 6.52. The number of hydrogen-bond donors (Lipinski definition) is 0. The van der Waals surface area contributed by atoms with Gasteiger partial charge >= 0.3 is 0 Å². The van der Waals surface area contributed by atoms with Crippen molar-refractivity contribution >= 4 is 34.7 Å². The van der Waals surface area contributed by atoms with E-state index in [4.69, 9.17) is 11.6 Å². The smallest absolute Gasteiger partial charge is 0.196 e. The van der Waals surface area contributed by atoms with Gasteiger partial charge in [0.25, 0.3) is 0 Å². The Labute approximate surface area is 172 Å². The lowest BCUT2D eigenvalue weighted by atomic mass is 10.1. The molecule has 0 atom stereocenters. The van der Waals surface area contributed by atoms with Crippen LogP contribution in [0.25, 0.3) is 16.4 Å². The molecule has 0 saturated heterocycles. The molecule has 136 valence electrons. The topological polar surface area (TPSA) is 30.7 Å². The first-order valence-corrected chi connectivity index (χ1v) is 10.8. The van der Waals surface area contributed by atoms with E-state index in [2.05, 4.69) is 58.3 Å². The van der Waals surface area contributed by atoms with Crippen molar-refractivity contribution in [2.75, 3.05) is 0 Å². The molecule has 0 spiro atoms. The minimum Gasteiger partial charge on any atom is -0.269 e. The number of nitrogens with zero attached hydrogens (tertiary/aromatic N) is 3. The van der Waals surface area contributed by atoms with Gasteiger partial charge in [-0.3, -0.25) is 4.57 Å². The largest absolute Gasteiger partial charge is 0.269 e. The maximum Gasteiger partial charge on any atom is 0.196 e. The zero-order valence-electron chi connectivity index (χ0n) is 15.0. The monoisotopic (exact) mass is 411 g/mol. The summed E-state index contributed by atoms with van der Waals surface area (Å²) < 4.78 is 2.11. The molecule has 6 heteroatoms. The summed E-state index contributed by atoms with van der Waals surface area (Å²) in [7, 11) is 0. The highest BCUT2D eigenvalue weighted by molar-refractivity contribution is 7.98. The fourth-order valence-corrected chi connectivity index (χ4v) is 4.51. The average molecular weight is 412 g/mol. The molecular weight excluding hydrogens is 394 g/mol. The molecule has 4 rings (SSSR count). The predicted molar refractivity (Wildman–Crippen MR) is 115 cm³/mol. The fourth-order valence-electron chi connectivity index (χ4n) is 2.79. The van der Waals surface area contributed by atoms with Crippen LogP contribution in [0.2, 0.25) is 5.02 Å². The number of aryl methyl sites for hydroxylation is 2. The van der Waals surface area contributed by atoms with E-state index in [1.807, 2.05) is 30.3 Å². The molecule has 0 bridgehead atoms. The third-order valence-electron chi connectivity index (χ3n) is 4.40. The van der Waals surface area contributed by atoms with Crippen molar-refractivity contribution < 1.29 is 0 Å². The number of halogens is 1. The molecule has 4 aromatic rings. The minimum absolute atomic E-state index is 0.717. The molecule has 3 nitrogen and oxygen atoms in total. The lowest BCUT2D eigenvalue weighted by Gasteiger charge is -2.10. The van der Waals surface area contributed by atoms with Crippen LogP contribution in [0.15, 0.2) is 65.1 Å². The molecular formula is C21H18ClN3S2. The average Bonchev–Trinajstić information content (AvgIpc) is 3.33. The summed E-state index contributed by atoms with van der Waals surface area (Å²) in [5.74, 6) is 1.70.